The summed E-state index contributed by atoms with van der Waals surface area (Å²) in [5, 5.41) is 5.78. The second-order valence-electron chi connectivity index (χ2n) is 7.53. The summed E-state index contributed by atoms with van der Waals surface area (Å²) in [7, 11) is 0. The van der Waals surface area contributed by atoms with Crippen LogP contribution in [0.3, 0.4) is 0 Å². The van der Waals surface area contributed by atoms with Gasteiger partial charge in [0.25, 0.3) is 11.5 Å². The normalized spacial score (nSPS) is 11.5. The Morgan fingerprint density at radius 2 is 1.80 bits per heavy atom. The first-order valence-corrected chi connectivity index (χ1v) is 11.9. The summed E-state index contributed by atoms with van der Waals surface area (Å²) in [6.45, 7) is -0.260. The average Bonchev–Trinajstić information content (AvgIpc) is 3.27. The van der Waals surface area contributed by atoms with Gasteiger partial charge in [-0.15, -0.1) is 0 Å². The van der Waals surface area contributed by atoms with Crippen molar-refractivity contribution in [2.75, 3.05) is 6.61 Å². The zero-order valence-corrected chi connectivity index (χ0v) is 21.1. The predicted molar refractivity (Wildman–Crippen MR) is 141 cm³/mol. The van der Waals surface area contributed by atoms with Crippen molar-refractivity contribution in [3.63, 3.8) is 0 Å². The van der Waals surface area contributed by atoms with Gasteiger partial charge in [0.1, 0.15) is 11.3 Å². The zero-order valence-electron chi connectivity index (χ0n) is 17.9. The number of ether oxygens (including phenoxy) is 1. The molecule has 2 aromatic heterocycles. The lowest BCUT2D eigenvalue weighted by Gasteiger charge is -2.10. The monoisotopic (exact) mass is 594 g/mol. The minimum Gasteiger partial charge on any atom is -0.481 e. The fourth-order valence-corrected chi connectivity index (χ4v) is 4.99. The molecular weight excluding hydrogens is 580 g/mol. The number of rotatable bonds is 6. The highest BCUT2D eigenvalue weighted by atomic mass is 79.9. The van der Waals surface area contributed by atoms with E-state index in [-0.39, 0.29) is 18.0 Å². The van der Waals surface area contributed by atoms with Gasteiger partial charge in [-0.2, -0.15) is 9.78 Å². The first kappa shape index (κ1) is 23.0. The molecular formula is C25H16Br2N4O4. The van der Waals surface area contributed by atoms with Gasteiger partial charge in [-0.05, 0) is 73.8 Å². The Hall–Kier alpha value is -3.76. The van der Waals surface area contributed by atoms with Crippen LogP contribution in [0, 0.1) is 0 Å². The van der Waals surface area contributed by atoms with Crippen molar-refractivity contribution in [1.82, 2.24) is 9.66 Å². The van der Waals surface area contributed by atoms with Gasteiger partial charge in [0.2, 0.25) is 5.82 Å². The molecule has 2 N–H and O–H groups in total. The second kappa shape index (κ2) is 9.47. The van der Waals surface area contributed by atoms with Crippen molar-refractivity contribution < 1.29 is 13.9 Å². The van der Waals surface area contributed by atoms with E-state index >= 15 is 0 Å². The summed E-state index contributed by atoms with van der Waals surface area (Å²) in [6, 6.07) is 19.9. The van der Waals surface area contributed by atoms with Gasteiger partial charge >= 0.3 is 0 Å². The lowest BCUT2D eigenvalue weighted by Crippen LogP contribution is -2.20. The highest BCUT2D eigenvalue weighted by Crippen LogP contribution is 2.34. The molecule has 0 radical (unpaired) electrons. The Morgan fingerprint density at radius 1 is 1.09 bits per heavy atom. The molecule has 0 fully saturated rings. The van der Waals surface area contributed by atoms with Crippen LogP contribution in [0.15, 0.2) is 90.0 Å². The van der Waals surface area contributed by atoms with E-state index in [0.29, 0.717) is 42.5 Å². The molecule has 3 aromatic carbocycles. The lowest BCUT2D eigenvalue weighted by molar-refractivity contribution is -0.119. The predicted octanol–water partition coefficient (Wildman–Crippen LogP) is 5.08. The highest BCUT2D eigenvalue weighted by molar-refractivity contribution is 9.11. The SMILES string of the molecule is NC(=O)COc1c(Br)cc(C=Nn2c(-c3cc4ccccc4o3)nc3ccccc3c2=O)cc1Br. The number of aromatic nitrogens is 2. The summed E-state index contributed by atoms with van der Waals surface area (Å²) >= 11 is 6.85. The van der Waals surface area contributed by atoms with Crippen LogP contribution in [0.4, 0.5) is 0 Å². The van der Waals surface area contributed by atoms with Gasteiger partial charge in [0.05, 0.1) is 26.1 Å². The summed E-state index contributed by atoms with van der Waals surface area (Å²) in [5.41, 5.74) is 6.71. The molecule has 0 unspecified atom stereocenters. The third-order valence-corrected chi connectivity index (χ3v) is 6.28. The number of carbonyl (C=O) groups excluding carboxylic acids is 1. The van der Waals surface area contributed by atoms with E-state index in [1.165, 1.54) is 10.9 Å². The van der Waals surface area contributed by atoms with Crippen molar-refractivity contribution in [3.8, 4) is 17.3 Å². The number of amides is 1. The topological polar surface area (TPSA) is 113 Å². The van der Waals surface area contributed by atoms with Gasteiger partial charge in [0.15, 0.2) is 12.4 Å². The van der Waals surface area contributed by atoms with Crippen molar-refractivity contribution in [2.24, 2.45) is 10.8 Å². The van der Waals surface area contributed by atoms with Crippen molar-refractivity contribution >= 4 is 65.9 Å². The molecule has 0 aliphatic carbocycles. The maximum Gasteiger partial charge on any atom is 0.282 e. The van der Waals surface area contributed by atoms with E-state index in [1.54, 1.807) is 30.3 Å². The second-order valence-corrected chi connectivity index (χ2v) is 9.24. The summed E-state index contributed by atoms with van der Waals surface area (Å²) in [6.07, 6.45) is 1.53. The van der Waals surface area contributed by atoms with Gasteiger partial charge in [-0.25, -0.2) is 4.98 Å². The first-order valence-electron chi connectivity index (χ1n) is 10.4. The number of benzene rings is 3. The molecule has 0 aliphatic heterocycles. The lowest BCUT2D eigenvalue weighted by atomic mass is 10.2. The molecule has 0 aliphatic rings. The number of hydrogen-bond acceptors (Lipinski definition) is 6. The number of para-hydroxylation sites is 2. The fourth-order valence-electron chi connectivity index (χ4n) is 3.54. The Labute approximate surface area is 215 Å². The Kier molecular flexibility index (Phi) is 6.23. The van der Waals surface area contributed by atoms with Crippen LogP contribution >= 0.6 is 31.9 Å². The zero-order chi connectivity index (χ0) is 24.5. The maximum atomic E-state index is 13.4. The fraction of sp³-hybridized carbons (Fsp3) is 0.0400. The minimum atomic E-state index is -0.587. The van der Waals surface area contributed by atoms with E-state index in [2.05, 4.69) is 41.9 Å². The van der Waals surface area contributed by atoms with E-state index in [4.69, 9.17) is 14.9 Å². The summed E-state index contributed by atoms with van der Waals surface area (Å²) in [5.74, 6) is 0.536. The molecule has 2 heterocycles. The number of nitrogens with zero attached hydrogens (tertiary/aromatic N) is 3. The van der Waals surface area contributed by atoms with Crippen LogP contribution in [-0.4, -0.2) is 28.4 Å². The number of fused-ring (bicyclic) bond motifs is 2. The molecule has 0 spiro atoms. The quantitative estimate of drug-likeness (QED) is 0.275. The van der Waals surface area contributed by atoms with Gasteiger partial charge in [0, 0.05) is 5.39 Å². The van der Waals surface area contributed by atoms with Crippen LogP contribution in [0.1, 0.15) is 5.56 Å². The molecule has 35 heavy (non-hydrogen) atoms. The number of nitrogens with two attached hydrogens (primary N) is 1. The van der Waals surface area contributed by atoms with Gasteiger partial charge in [-0.1, -0.05) is 30.3 Å². The van der Waals surface area contributed by atoms with Crippen molar-refractivity contribution in [2.45, 2.75) is 0 Å². The van der Waals surface area contributed by atoms with Crippen molar-refractivity contribution in [3.05, 3.63) is 91.6 Å². The van der Waals surface area contributed by atoms with Crippen LogP contribution in [0.25, 0.3) is 33.5 Å². The number of halogens is 2. The molecule has 8 nitrogen and oxygen atoms in total. The van der Waals surface area contributed by atoms with Crippen LogP contribution in [0.2, 0.25) is 0 Å². The smallest absolute Gasteiger partial charge is 0.282 e. The van der Waals surface area contributed by atoms with Crippen LogP contribution in [0.5, 0.6) is 5.75 Å². The molecule has 1 amide bonds. The van der Waals surface area contributed by atoms with Crippen molar-refractivity contribution in [1.29, 1.82) is 0 Å². The minimum absolute atomic E-state index is 0.260. The molecule has 0 bridgehead atoms. The number of furan rings is 1. The molecule has 5 aromatic rings. The third kappa shape index (κ3) is 4.62. The standard InChI is InChI=1S/C25H16Br2N4O4/c26-17-9-14(10-18(27)23(17)34-13-22(28)32)12-29-31-24(21-11-15-5-1-4-8-20(15)35-21)30-19-7-3-2-6-16(19)25(31)33/h1-12H,13H2,(H2,28,32). The largest absolute Gasteiger partial charge is 0.481 e. The maximum absolute atomic E-state index is 13.4. The van der Waals surface area contributed by atoms with Gasteiger partial charge in [-0.3, -0.25) is 9.59 Å². The average molecular weight is 596 g/mol. The molecule has 0 saturated heterocycles. The van der Waals surface area contributed by atoms with Gasteiger partial charge < -0.3 is 14.9 Å². The number of primary amides is 1. The van der Waals surface area contributed by atoms with E-state index < -0.39 is 5.91 Å². The molecule has 5 rings (SSSR count). The molecule has 10 heteroatoms. The Balaban J connectivity index is 1.62. The Morgan fingerprint density at radius 3 is 2.54 bits per heavy atom. The van der Waals surface area contributed by atoms with E-state index in [1.807, 2.05) is 36.4 Å². The van der Waals surface area contributed by atoms with E-state index in [0.717, 1.165) is 5.39 Å². The van der Waals surface area contributed by atoms with E-state index in [9.17, 15) is 9.59 Å². The summed E-state index contributed by atoms with van der Waals surface area (Å²) < 4.78 is 13.8. The van der Waals surface area contributed by atoms with Crippen LogP contribution < -0.4 is 16.0 Å². The number of hydrogen-bond donors (Lipinski definition) is 1. The Bertz CT molecular complexity index is 1630. The highest BCUT2D eigenvalue weighted by Gasteiger charge is 2.16. The first-order chi connectivity index (χ1) is 16.9. The number of carbonyl (C=O) groups is 1. The summed E-state index contributed by atoms with van der Waals surface area (Å²) in [4.78, 5) is 29.1. The molecule has 0 atom stereocenters. The van der Waals surface area contributed by atoms with Crippen LogP contribution in [-0.2, 0) is 4.79 Å². The third-order valence-electron chi connectivity index (χ3n) is 5.10. The molecule has 174 valence electrons. The molecule has 0 saturated carbocycles.